The average molecular weight is 330 g/mol. The Labute approximate surface area is 130 Å². The molecule has 1 aromatic rings. The zero-order valence-electron chi connectivity index (χ0n) is 12.9. The molecule has 2 fully saturated rings. The van der Waals surface area contributed by atoms with Crippen molar-refractivity contribution in [3.63, 3.8) is 0 Å². The minimum absolute atomic E-state index is 0.125. The fourth-order valence-corrected chi connectivity index (χ4v) is 4.30. The second-order valence-corrected chi connectivity index (χ2v) is 7.71. The first kappa shape index (κ1) is 15.9. The Hall–Kier alpha value is -0.960. The van der Waals surface area contributed by atoms with Crippen LogP contribution in [0.1, 0.15) is 30.7 Å². The van der Waals surface area contributed by atoms with E-state index in [1.807, 2.05) is 0 Å². The molecule has 1 saturated carbocycles. The quantitative estimate of drug-likeness (QED) is 0.841. The van der Waals surface area contributed by atoms with E-state index in [2.05, 4.69) is 9.88 Å². The van der Waals surface area contributed by atoms with Crippen LogP contribution in [-0.2, 0) is 19.5 Å². The van der Waals surface area contributed by atoms with Gasteiger partial charge in [-0.05, 0) is 39.0 Å². The molecular weight excluding hydrogens is 308 g/mol. The number of hydrogen-bond donors (Lipinski definition) is 1. The monoisotopic (exact) mass is 330 g/mol. The van der Waals surface area contributed by atoms with Gasteiger partial charge in [-0.2, -0.15) is 0 Å². The Morgan fingerprint density at radius 3 is 2.73 bits per heavy atom. The Morgan fingerprint density at radius 1 is 1.32 bits per heavy atom. The van der Waals surface area contributed by atoms with Gasteiger partial charge >= 0.3 is 0 Å². The van der Waals surface area contributed by atoms with Gasteiger partial charge in [0.05, 0.1) is 18.8 Å². The van der Waals surface area contributed by atoms with E-state index in [0.29, 0.717) is 43.6 Å². The van der Waals surface area contributed by atoms with E-state index in [1.54, 1.807) is 13.8 Å². The van der Waals surface area contributed by atoms with Crippen LogP contribution in [0.3, 0.4) is 0 Å². The van der Waals surface area contributed by atoms with Gasteiger partial charge in [-0.1, -0.05) is 5.16 Å². The molecule has 1 aromatic heterocycles. The summed E-state index contributed by atoms with van der Waals surface area (Å²) < 4.78 is 44.2. The van der Waals surface area contributed by atoms with Crippen molar-refractivity contribution < 1.29 is 22.4 Å². The number of nitrogens with one attached hydrogen (secondary N) is 1. The molecule has 1 N–H and O–H groups in total. The topological polar surface area (TPSA) is 90.7 Å². The second kappa shape index (κ2) is 6.27. The zero-order chi connectivity index (χ0) is 15.7. The van der Waals surface area contributed by atoms with Crippen molar-refractivity contribution in [3.8, 4) is 0 Å². The predicted molar refractivity (Wildman–Crippen MR) is 78.0 cm³/mol. The molecule has 0 unspecified atom stereocenters. The zero-order valence-corrected chi connectivity index (χ0v) is 13.7. The van der Waals surface area contributed by atoms with Crippen LogP contribution in [0.15, 0.2) is 9.42 Å². The number of ether oxygens (including phenoxy) is 2. The third-order valence-corrected chi connectivity index (χ3v) is 5.82. The van der Waals surface area contributed by atoms with Crippen LogP contribution in [0.2, 0.25) is 0 Å². The van der Waals surface area contributed by atoms with E-state index < -0.39 is 10.0 Å². The summed E-state index contributed by atoms with van der Waals surface area (Å²) in [5.74, 6) is 0.925. The Bertz CT molecular complexity index is 604. The molecule has 2 aliphatic rings. The Balaban J connectivity index is 1.71. The first-order valence-corrected chi connectivity index (χ1v) is 9.10. The minimum Gasteiger partial charge on any atom is -0.379 e. The third kappa shape index (κ3) is 3.51. The molecule has 1 aliphatic heterocycles. The summed E-state index contributed by atoms with van der Waals surface area (Å²) >= 11 is 0. The summed E-state index contributed by atoms with van der Waals surface area (Å²) in [6.45, 7) is 4.84. The van der Waals surface area contributed by atoms with Crippen molar-refractivity contribution in [2.24, 2.45) is 5.92 Å². The lowest BCUT2D eigenvalue weighted by molar-refractivity contribution is -0.0672. The second-order valence-electron chi connectivity index (χ2n) is 6.06. The number of nitrogens with zero attached hydrogens (tertiary/aromatic N) is 1. The fraction of sp³-hybridized carbons (Fsp3) is 0.786. The number of sulfonamides is 1. The molecule has 124 valence electrons. The van der Waals surface area contributed by atoms with Crippen molar-refractivity contribution in [1.29, 1.82) is 0 Å². The Kier molecular flexibility index (Phi) is 4.54. The fourth-order valence-electron chi connectivity index (χ4n) is 2.67. The van der Waals surface area contributed by atoms with Gasteiger partial charge in [0, 0.05) is 13.2 Å². The van der Waals surface area contributed by atoms with E-state index in [-0.39, 0.29) is 17.0 Å². The van der Waals surface area contributed by atoms with Gasteiger partial charge in [0.2, 0.25) is 10.0 Å². The van der Waals surface area contributed by atoms with Gasteiger partial charge in [0.1, 0.15) is 10.6 Å². The van der Waals surface area contributed by atoms with E-state index >= 15 is 0 Å². The van der Waals surface area contributed by atoms with Crippen LogP contribution in [0.25, 0.3) is 0 Å². The molecular formula is C14H22N2O5S. The van der Waals surface area contributed by atoms with Crippen molar-refractivity contribution in [2.75, 3.05) is 19.8 Å². The minimum atomic E-state index is -3.68. The molecule has 3 rings (SSSR count). The molecule has 1 saturated heterocycles. The van der Waals surface area contributed by atoms with Crippen LogP contribution in [0.4, 0.5) is 0 Å². The summed E-state index contributed by atoms with van der Waals surface area (Å²) in [5.41, 5.74) is 0.368. The highest BCUT2D eigenvalue weighted by Crippen LogP contribution is 2.30. The molecule has 0 spiro atoms. The van der Waals surface area contributed by atoms with Crippen molar-refractivity contribution in [2.45, 2.75) is 50.2 Å². The molecule has 2 heterocycles. The average Bonchev–Trinajstić information content (AvgIpc) is 3.22. The third-order valence-electron chi connectivity index (χ3n) is 4.09. The Morgan fingerprint density at radius 2 is 2.09 bits per heavy atom. The normalized spacial score (nSPS) is 26.3. The van der Waals surface area contributed by atoms with Crippen LogP contribution in [0.5, 0.6) is 0 Å². The lowest BCUT2D eigenvalue weighted by atomic mass is 10.1. The van der Waals surface area contributed by atoms with E-state index in [0.717, 1.165) is 0 Å². The SMILES string of the molecule is Cc1noc(C)c1S(=O)(=O)N[C@H]1CCOC[C@@H]1OCC1CC1. The van der Waals surface area contributed by atoms with Crippen molar-refractivity contribution in [1.82, 2.24) is 9.88 Å². The molecule has 0 aromatic carbocycles. The summed E-state index contributed by atoms with van der Waals surface area (Å²) in [6.07, 6.45) is 2.74. The first-order valence-electron chi connectivity index (χ1n) is 7.62. The van der Waals surface area contributed by atoms with Gasteiger partial charge in [-0.3, -0.25) is 0 Å². The highest BCUT2D eigenvalue weighted by molar-refractivity contribution is 7.89. The highest BCUT2D eigenvalue weighted by atomic mass is 32.2. The smallest absolute Gasteiger partial charge is 0.246 e. The van der Waals surface area contributed by atoms with E-state index in [1.165, 1.54) is 12.8 Å². The maximum absolute atomic E-state index is 12.6. The first-order chi connectivity index (χ1) is 10.5. The number of hydrogen-bond acceptors (Lipinski definition) is 6. The molecule has 22 heavy (non-hydrogen) atoms. The molecule has 7 nitrogen and oxygen atoms in total. The summed E-state index contributed by atoms with van der Waals surface area (Å²) in [4.78, 5) is 0.125. The molecule has 0 amide bonds. The van der Waals surface area contributed by atoms with Gasteiger partial charge < -0.3 is 14.0 Å². The molecule has 0 bridgehead atoms. The lowest BCUT2D eigenvalue weighted by Crippen LogP contribution is -2.50. The van der Waals surface area contributed by atoms with Crippen LogP contribution in [0, 0.1) is 19.8 Å². The predicted octanol–water partition coefficient (Wildman–Crippen LogP) is 1.15. The molecule has 1 aliphatic carbocycles. The van der Waals surface area contributed by atoms with Crippen molar-refractivity contribution >= 4 is 10.0 Å². The van der Waals surface area contributed by atoms with Crippen LogP contribution in [-0.4, -0.2) is 45.5 Å². The van der Waals surface area contributed by atoms with E-state index in [9.17, 15) is 8.42 Å². The summed E-state index contributed by atoms with van der Waals surface area (Å²) in [5, 5.41) is 3.71. The maximum Gasteiger partial charge on any atom is 0.246 e. The summed E-state index contributed by atoms with van der Waals surface area (Å²) in [7, 11) is -3.68. The molecule has 0 radical (unpaired) electrons. The van der Waals surface area contributed by atoms with Gasteiger partial charge in [-0.15, -0.1) is 0 Å². The standard InChI is InChI=1S/C14H22N2O5S/c1-9-14(10(2)21-15-9)22(17,18)16-12-5-6-19-8-13(12)20-7-11-3-4-11/h11-13,16H,3-8H2,1-2H3/t12-,13-/m0/s1. The van der Waals surface area contributed by atoms with Crippen LogP contribution < -0.4 is 4.72 Å². The molecule has 2 atom stereocenters. The van der Waals surface area contributed by atoms with Gasteiger partial charge in [0.25, 0.3) is 0 Å². The van der Waals surface area contributed by atoms with Crippen LogP contribution >= 0.6 is 0 Å². The van der Waals surface area contributed by atoms with Crippen molar-refractivity contribution in [3.05, 3.63) is 11.5 Å². The number of aromatic nitrogens is 1. The number of aryl methyl sites for hydroxylation is 2. The maximum atomic E-state index is 12.6. The largest absolute Gasteiger partial charge is 0.379 e. The summed E-state index contributed by atoms with van der Waals surface area (Å²) in [6, 6.07) is -0.286. The van der Waals surface area contributed by atoms with E-state index in [4.69, 9.17) is 14.0 Å². The highest BCUT2D eigenvalue weighted by Gasteiger charge is 2.34. The van der Waals surface area contributed by atoms with Gasteiger partial charge in [0.15, 0.2) is 5.76 Å². The number of rotatable bonds is 6. The van der Waals surface area contributed by atoms with Gasteiger partial charge in [-0.25, -0.2) is 13.1 Å². The molecule has 8 heteroatoms. The lowest BCUT2D eigenvalue weighted by Gasteiger charge is -2.31.